The maximum atomic E-state index is 11.6. The molecule has 2 aromatic rings. The lowest BCUT2D eigenvalue weighted by Crippen LogP contribution is -2.12. The molecule has 0 spiro atoms. The molecule has 1 aliphatic rings. The molecule has 1 aliphatic heterocycles. The van der Waals surface area contributed by atoms with Gasteiger partial charge < -0.3 is 5.32 Å². The largest absolute Gasteiger partial charge is 0.318 e. The number of carbonyl (C=O) groups is 2. The van der Waals surface area contributed by atoms with Gasteiger partial charge in [0.05, 0.1) is 16.8 Å². The minimum absolute atomic E-state index is 0.440. The molecular weight excluding hydrogens is 319 g/mol. The molecule has 16 heavy (non-hydrogen) atoms. The van der Waals surface area contributed by atoms with Crippen molar-refractivity contribution in [2.45, 2.75) is 0 Å². The Morgan fingerprint density at radius 1 is 1.31 bits per heavy atom. The van der Waals surface area contributed by atoms with E-state index in [1.54, 1.807) is 18.3 Å². The summed E-state index contributed by atoms with van der Waals surface area (Å²) in [6, 6.07) is 5.33. The van der Waals surface area contributed by atoms with Gasteiger partial charge in [0.25, 0.3) is 11.7 Å². The van der Waals surface area contributed by atoms with Crippen molar-refractivity contribution in [2.24, 2.45) is 0 Å². The first kappa shape index (κ1) is 9.71. The monoisotopic (exact) mass is 324 g/mol. The summed E-state index contributed by atoms with van der Waals surface area (Å²) < 4.78 is 0.872. The Hall–Kier alpha value is -1.50. The molecule has 0 saturated carbocycles. The molecule has 0 atom stereocenters. The van der Waals surface area contributed by atoms with Gasteiger partial charge in [0.15, 0.2) is 0 Å². The number of anilines is 1. The summed E-state index contributed by atoms with van der Waals surface area (Å²) >= 11 is 2.11. The number of halogens is 1. The van der Waals surface area contributed by atoms with Crippen LogP contribution >= 0.6 is 22.6 Å². The number of nitrogens with one attached hydrogen (secondary N) is 1. The lowest BCUT2D eigenvalue weighted by molar-refractivity contribution is -0.112. The summed E-state index contributed by atoms with van der Waals surface area (Å²) in [5.41, 5.74) is 1.82. The zero-order valence-corrected chi connectivity index (χ0v) is 10.1. The summed E-state index contributed by atoms with van der Waals surface area (Å²) in [6.07, 6.45) is 1.69. The average Bonchev–Trinajstić information content (AvgIpc) is 2.57. The number of Topliss-reactive ketones (excluding diaryl/α,β-unsaturated/α-hetero) is 1. The van der Waals surface area contributed by atoms with Gasteiger partial charge in [-0.05, 0) is 40.8 Å². The molecule has 1 N–H and O–H groups in total. The van der Waals surface area contributed by atoms with Crippen LogP contribution in [0.4, 0.5) is 5.69 Å². The van der Waals surface area contributed by atoms with Crippen molar-refractivity contribution in [3.63, 3.8) is 0 Å². The third-order valence-electron chi connectivity index (χ3n) is 2.53. The Bertz CT molecular complexity index is 652. The number of amides is 1. The number of ketones is 1. The van der Waals surface area contributed by atoms with E-state index < -0.39 is 11.7 Å². The number of nitrogens with zero attached hydrogens (tertiary/aromatic N) is 1. The van der Waals surface area contributed by atoms with Crippen LogP contribution in [-0.2, 0) is 4.79 Å². The van der Waals surface area contributed by atoms with Gasteiger partial charge in [-0.1, -0.05) is 0 Å². The van der Waals surface area contributed by atoms with Crippen molar-refractivity contribution in [1.29, 1.82) is 0 Å². The molecule has 0 unspecified atom stereocenters. The van der Waals surface area contributed by atoms with Gasteiger partial charge in [-0.2, -0.15) is 0 Å². The third kappa shape index (κ3) is 1.18. The summed E-state index contributed by atoms with van der Waals surface area (Å²) in [6.45, 7) is 0. The van der Waals surface area contributed by atoms with Crippen molar-refractivity contribution < 1.29 is 9.59 Å². The normalized spacial score (nSPS) is 14.1. The van der Waals surface area contributed by atoms with Crippen LogP contribution in [0.2, 0.25) is 0 Å². The number of carbonyl (C=O) groups excluding carboxylic acids is 2. The Balaban J connectivity index is 2.47. The van der Waals surface area contributed by atoms with Gasteiger partial charge in [-0.15, -0.1) is 0 Å². The van der Waals surface area contributed by atoms with Gasteiger partial charge >= 0.3 is 0 Å². The molecule has 78 valence electrons. The van der Waals surface area contributed by atoms with Crippen molar-refractivity contribution >= 4 is 50.9 Å². The minimum atomic E-state index is -0.567. The van der Waals surface area contributed by atoms with Gasteiger partial charge in [-0.25, -0.2) is 0 Å². The van der Waals surface area contributed by atoms with E-state index in [1.807, 2.05) is 6.07 Å². The van der Waals surface area contributed by atoms with E-state index in [0.29, 0.717) is 11.3 Å². The van der Waals surface area contributed by atoms with Crippen LogP contribution in [0.15, 0.2) is 24.4 Å². The second-order valence-corrected chi connectivity index (χ2v) is 4.63. The molecule has 1 amide bonds. The predicted octanol–water partition coefficient (Wildman–Crippen LogP) is 1.97. The maximum Gasteiger partial charge on any atom is 0.296 e. The number of aromatic nitrogens is 1. The predicted molar refractivity (Wildman–Crippen MR) is 67.4 cm³/mol. The fourth-order valence-electron chi connectivity index (χ4n) is 1.82. The second-order valence-electron chi connectivity index (χ2n) is 3.46. The molecule has 0 radical (unpaired) electrons. The molecule has 2 heterocycles. The van der Waals surface area contributed by atoms with E-state index in [4.69, 9.17) is 0 Å². The Labute approximate surface area is 104 Å². The Kier molecular flexibility index (Phi) is 1.97. The smallest absolute Gasteiger partial charge is 0.296 e. The molecule has 1 aromatic heterocycles. The second kappa shape index (κ2) is 3.24. The lowest BCUT2D eigenvalue weighted by atomic mass is 10.1. The van der Waals surface area contributed by atoms with Crippen molar-refractivity contribution in [3.05, 3.63) is 33.5 Å². The number of benzene rings is 1. The number of pyridine rings is 1. The lowest BCUT2D eigenvalue weighted by Gasteiger charge is -2.04. The Morgan fingerprint density at radius 3 is 2.94 bits per heavy atom. The van der Waals surface area contributed by atoms with E-state index in [-0.39, 0.29) is 0 Å². The van der Waals surface area contributed by atoms with Crippen molar-refractivity contribution in [1.82, 2.24) is 4.98 Å². The SMILES string of the molecule is O=C1Nc2c(cc(I)c3ncccc23)C1=O. The van der Waals surface area contributed by atoms with E-state index >= 15 is 0 Å². The van der Waals surface area contributed by atoms with Gasteiger partial charge in [0.2, 0.25) is 0 Å². The van der Waals surface area contributed by atoms with Crippen LogP contribution in [0.25, 0.3) is 10.9 Å². The number of rotatable bonds is 0. The number of hydrogen-bond donors (Lipinski definition) is 1. The highest BCUT2D eigenvalue weighted by atomic mass is 127. The van der Waals surface area contributed by atoms with Crippen molar-refractivity contribution in [2.75, 3.05) is 5.32 Å². The molecule has 3 rings (SSSR count). The zero-order chi connectivity index (χ0) is 11.3. The number of hydrogen-bond acceptors (Lipinski definition) is 3. The van der Waals surface area contributed by atoms with Crippen LogP contribution in [0, 0.1) is 3.57 Å². The molecule has 1 aromatic carbocycles. The van der Waals surface area contributed by atoms with Crippen LogP contribution in [-0.4, -0.2) is 16.7 Å². The van der Waals surface area contributed by atoms with Crippen LogP contribution < -0.4 is 5.32 Å². The molecule has 0 saturated heterocycles. The highest BCUT2D eigenvalue weighted by Crippen LogP contribution is 2.33. The van der Waals surface area contributed by atoms with E-state index in [2.05, 4.69) is 32.9 Å². The quantitative estimate of drug-likeness (QED) is 0.595. The first-order chi connectivity index (χ1) is 7.68. The fourth-order valence-corrected chi connectivity index (χ4v) is 2.56. The van der Waals surface area contributed by atoms with E-state index in [1.165, 1.54) is 0 Å². The first-order valence-electron chi connectivity index (χ1n) is 4.61. The van der Waals surface area contributed by atoms with Gasteiger partial charge in [0.1, 0.15) is 0 Å². The highest BCUT2D eigenvalue weighted by Gasteiger charge is 2.30. The van der Waals surface area contributed by atoms with Gasteiger partial charge in [0, 0.05) is 15.2 Å². The molecule has 5 heteroatoms. The van der Waals surface area contributed by atoms with Crippen LogP contribution in [0.3, 0.4) is 0 Å². The molecule has 0 bridgehead atoms. The molecule has 4 nitrogen and oxygen atoms in total. The molecular formula is C11H5IN2O2. The first-order valence-corrected chi connectivity index (χ1v) is 5.69. The average molecular weight is 324 g/mol. The zero-order valence-electron chi connectivity index (χ0n) is 7.95. The molecule has 0 aliphatic carbocycles. The highest BCUT2D eigenvalue weighted by molar-refractivity contribution is 14.1. The van der Waals surface area contributed by atoms with Gasteiger partial charge in [-0.3, -0.25) is 14.6 Å². The number of fused-ring (bicyclic) bond motifs is 3. The molecule has 0 fully saturated rings. The van der Waals surface area contributed by atoms with Crippen LogP contribution in [0.1, 0.15) is 10.4 Å². The summed E-state index contributed by atoms with van der Waals surface area (Å²) in [4.78, 5) is 27.1. The van der Waals surface area contributed by atoms with Crippen LogP contribution in [0.5, 0.6) is 0 Å². The Morgan fingerprint density at radius 2 is 2.12 bits per heavy atom. The van der Waals surface area contributed by atoms with E-state index in [0.717, 1.165) is 14.5 Å². The third-order valence-corrected chi connectivity index (χ3v) is 3.36. The summed E-state index contributed by atoms with van der Waals surface area (Å²) in [7, 11) is 0. The summed E-state index contributed by atoms with van der Waals surface area (Å²) in [5.74, 6) is -1.04. The maximum absolute atomic E-state index is 11.6. The standard InChI is InChI=1S/C11H5IN2O2/c12-7-4-6-8(14-11(16)10(6)15)5-2-1-3-13-9(5)7/h1-4H,(H,14,15,16). The topological polar surface area (TPSA) is 59.1 Å². The van der Waals surface area contributed by atoms with E-state index in [9.17, 15) is 9.59 Å². The summed E-state index contributed by atoms with van der Waals surface area (Å²) in [5, 5.41) is 3.39. The van der Waals surface area contributed by atoms with Crippen molar-refractivity contribution in [3.8, 4) is 0 Å². The minimum Gasteiger partial charge on any atom is -0.318 e. The fraction of sp³-hybridized carbons (Fsp3) is 0.